The largest absolute Gasteiger partial charge is 0.478 e. The van der Waals surface area contributed by atoms with Crippen molar-refractivity contribution < 1.29 is 29.4 Å². The number of hydrogen-bond donors (Lipinski definition) is 2. The molecule has 10 heteroatoms. The molecular weight excluding hydrogens is 454 g/mol. The predicted molar refractivity (Wildman–Crippen MR) is 125 cm³/mol. The molecule has 1 aromatic carbocycles. The highest BCUT2D eigenvalue weighted by molar-refractivity contribution is 6.02. The number of aliphatic carboxylic acids is 1. The molecule has 2 aliphatic heterocycles. The van der Waals surface area contributed by atoms with Gasteiger partial charge in [-0.05, 0) is 32.4 Å². The number of carboxylic acid groups (broad SMARTS) is 1. The van der Waals surface area contributed by atoms with Crippen molar-refractivity contribution in [2.24, 2.45) is 5.16 Å². The molecule has 2 aromatic heterocycles. The number of nitrogens with zero attached hydrogens (tertiary/aromatic N) is 3. The number of rotatable bonds is 5. The molecule has 0 saturated heterocycles. The number of ether oxygens (including phenoxy) is 1. The minimum absolute atomic E-state index is 0.0499. The number of hydrogen-bond acceptors (Lipinski definition) is 8. The second-order valence-electron chi connectivity index (χ2n) is 9.11. The van der Waals surface area contributed by atoms with Crippen molar-refractivity contribution in [1.29, 1.82) is 0 Å². The smallest absolute Gasteiger partial charge is 0.350 e. The van der Waals surface area contributed by atoms with Crippen LogP contribution in [0.5, 0.6) is 0 Å². The number of carbonyl (C=O) groups is 2. The molecule has 0 radical (unpaired) electrons. The zero-order valence-corrected chi connectivity index (χ0v) is 19.4. The van der Waals surface area contributed by atoms with E-state index >= 15 is 0 Å². The minimum Gasteiger partial charge on any atom is -0.478 e. The molecule has 0 fully saturated rings. The van der Waals surface area contributed by atoms with Gasteiger partial charge in [-0.2, -0.15) is 0 Å². The van der Waals surface area contributed by atoms with Gasteiger partial charge in [-0.15, -0.1) is 0 Å². The first kappa shape index (κ1) is 22.7. The van der Waals surface area contributed by atoms with E-state index in [1.165, 1.54) is 24.6 Å². The number of oxime groups is 1. The molecule has 0 bridgehead atoms. The van der Waals surface area contributed by atoms with Crippen LogP contribution in [0.1, 0.15) is 49.4 Å². The topological polar surface area (TPSA) is 140 Å². The summed E-state index contributed by atoms with van der Waals surface area (Å²) >= 11 is 0. The van der Waals surface area contributed by atoms with Gasteiger partial charge in [0, 0.05) is 22.1 Å². The standard InChI is InChI=1S/C25H23N3O7/c1-4-25(33)17-9-19-20-15(11-28(19)21(29)16(17)12-34-23(25)32)14(10-26-35-24(2,3)22(30)31)13-7-5-6-8-18(13)27-20/h5-10,33H,4,11-12H2,1-3H3,(H,30,31)/b26-10+/t25-/m0/s1. The summed E-state index contributed by atoms with van der Waals surface area (Å²) in [5.74, 6) is -1.95. The van der Waals surface area contributed by atoms with Crippen molar-refractivity contribution in [2.75, 3.05) is 0 Å². The molecule has 5 rings (SSSR count). The Kier molecular flexibility index (Phi) is 5.03. The number of carboxylic acids is 1. The zero-order valence-electron chi connectivity index (χ0n) is 19.4. The van der Waals surface area contributed by atoms with Gasteiger partial charge in [0.2, 0.25) is 5.60 Å². The van der Waals surface area contributed by atoms with E-state index < -0.39 is 23.1 Å². The third-order valence-electron chi connectivity index (χ3n) is 6.62. The molecule has 2 N–H and O–H groups in total. The van der Waals surface area contributed by atoms with Crippen LogP contribution in [0.25, 0.3) is 22.3 Å². The van der Waals surface area contributed by atoms with Crippen LogP contribution in [0.4, 0.5) is 0 Å². The average Bonchev–Trinajstić information content (AvgIpc) is 3.20. The normalized spacial score (nSPS) is 18.8. The summed E-state index contributed by atoms with van der Waals surface area (Å²) in [5, 5.41) is 25.0. The third-order valence-corrected chi connectivity index (χ3v) is 6.62. The summed E-state index contributed by atoms with van der Waals surface area (Å²) in [5.41, 5.74) is -0.409. The fourth-order valence-electron chi connectivity index (χ4n) is 4.46. The highest BCUT2D eigenvalue weighted by Crippen LogP contribution is 2.39. The first-order chi connectivity index (χ1) is 16.6. The van der Waals surface area contributed by atoms with Gasteiger partial charge in [0.15, 0.2) is 5.60 Å². The molecule has 2 aliphatic rings. The van der Waals surface area contributed by atoms with Crippen molar-refractivity contribution in [3.8, 4) is 11.4 Å². The Hall–Kier alpha value is -4.05. The van der Waals surface area contributed by atoms with Crippen LogP contribution < -0.4 is 5.56 Å². The maximum atomic E-state index is 13.4. The van der Waals surface area contributed by atoms with Gasteiger partial charge in [0.05, 0.1) is 35.2 Å². The molecule has 4 heterocycles. The van der Waals surface area contributed by atoms with Gasteiger partial charge < -0.3 is 24.4 Å². The Labute approximate surface area is 199 Å². The first-order valence-electron chi connectivity index (χ1n) is 11.1. The molecule has 35 heavy (non-hydrogen) atoms. The Bertz CT molecular complexity index is 1510. The van der Waals surface area contributed by atoms with E-state index in [-0.39, 0.29) is 36.3 Å². The Morgan fingerprint density at radius 3 is 2.77 bits per heavy atom. The van der Waals surface area contributed by atoms with Crippen LogP contribution in [0.15, 0.2) is 40.3 Å². The molecule has 0 spiro atoms. The maximum absolute atomic E-state index is 13.4. The Balaban J connectivity index is 1.72. The van der Waals surface area contributed by atoms with E-state index in [4.69, 9.17) is 14.6 Å². The summed E-state index contributed by atoms with van der Waals surface area (Å²) < 4.78 is 6.65. The molecule has 3 aromatic rings. The van der Waals surface area contributed by atoms with Crippen molar-refractivity contribution in [1.82, 2.24) is 9.55 Å². The molecule has 180 valence electrons. The summed E-state index contributed by atoms with van der Waals surface area (Å²) in [6.07, 6.45) is 1.48. The SMILES string of the molecule is CC[C@@]1(O)C(=O)OCc2c1cc1n(c2=O)Cc2c-1nc1ccccc1c2/C=N/OC(C)(C)C(=O)O. The predicted octanol–water partition coefficient (Wildman–Crippen LogP) is 2.29. The quantitative estimate of drug-likeness (QED) is 0.253. The second kappa shape index (κ2) is 7.74. The number of benzene rings is 1. The van der Waals surface area contributed by atoms with E-state index in [2.05, 4.69) is 5.16 Å². The van der Waals surface area contributed by atoms with Crippen LogP contribution in [-0.2, 0) is 37.9 Å². The van der Waals surface area contributed by atoms with E-state index in [0.29, 0.717) is 28.0 Å². The molecular formula is C25H23N3O7. The number of fused-ring (bicyclic) bond motifs is 5. The van der Waals surface area contributed by atoms with Gasteiger partial charge >= 0.3 is 11.9 Å². The summed E-state index contributed by atoms with van der Waals surface area (Å²) in [4.78, 5) is 47.2. The van der Waals surface area contributed by atoms with Crippen molar-refractivity contribution in [3.63, 3.8) is 0 Å². The number of para-hydroxylation sites is 1. The second-order valence-corrected chi connectivity index (χ2v) is 9.11. The number of pyridine rings is 2. The van der Waals surface area contributed by atoms with Gasteiger partial charge in [0.1, 0.15) is 6.61 Å². The molecule has 0 saturated carbocycles. The van der Waals surface area contributed by atoms with Gasteiger partial charge in [-0.1, -0.05) is 30.3 Å². The highest BCUT2D eigenvalue weighted by atomic mass is 16.7. The number of esters is 1. The lowest BCUT2D eigenvalue weighted by Gasteiger charge is -2.31. The zero-order chi connectivity index (χ0) is 25.1. The Morgan fingerprint density at radius 2 is 2.06 bits per heavy atom. The minimum atomic E-state index is -1.91. The molecule has 0 unspecified atom stereocenters. The van der Waals surface area contributed by atoms with Crippen molar-refractivity contribution in [2.45, 2.75) is 51.5 Å². The van der Waals surface area contributed by atoms with Crippen LogP contribution in [0.2, 0.25) is 0 Å². The number of cyclic esters (lactones) is 1. The first-order valence-corrected chi connectivity index (χ1v) is 11.1. The number of aliphatic hydroxyl groups is 1. The van der Waals surface area contributed by atoms with Gasteiger partial charge in [-0.25, -0.2) is 14.6 Å². The van der Waals surface area contributed by atoms with E-state index in [0.717, 1.165) is 5.39 Å². The third kappa shape index (κ3) is 3.32. The lowest BCUT2D eigenvalue weighted by molar-refractivity contribution is -0.172. The van der Waals surface area contributed by atoms with Gasteiger partial charge in [-0.3, -0.25) is 4.79 Å². The van der Waals surface area contributed by atoms with Crippen LogP contribution in [0.3, 0.4) is 0 Å². The summed E-state index contributed by atoms with van der Waals surface area (Å²) in [6, 6.07) is 8.97. The number of carbonyl (C=O) groups excluding carboxylic acids is 1. The van der Waals surface area contributed by atoms with Crippen LogP contribution >= 0.6 is 0 Å². The van der Waals surface area contributed by atoms with Gasteiger partial charge in [0.25, 0.3) is 5.56 Å². The highest BCUT2D eigenvalue weighted by Gasteiger charge is 2.45. The maximum Gasteiger partial charge on any atom is 0.350 e. The van der Waals surface area contributed by atoms with Crippen molar-refractivity contribution in [3.05, 3.63) is 62.9 Å². The molecule has 1 atom stereocenters. The van der Waals surface area contributed by atoms with Crippen LogP contribution in [0, 0.1) is 0 Å². The summed E-state index contributed by atoms with van der Waals surface area (Å²) in [6.45, 7) is 4.39. The average molecular weight is 477 g/mol. The molecule has 0 aliphatic carbocycles. The lowest BCUT2D eigenvalue weighted by atomic mass is 9.86. The number of aromatic nitrogens is 2. The lowest BCUT2D eigenvalue weighted by Crippen LogP contribution is -2.44. The summed E-state index contributed by atoms with van der Waals surface area (Å²) in [7, 11) is 0. The van der Waals surface area contributed by atoms with Crippen LogP contribution in [-0.4, -0.2) is 43.5 Å². The Morgan fingerprint density at radius 1 is 1.31 bits per heavy atom. The fourth-order valence-corrected chi connectivity index (χ4v) is 4.46. The molecule has 0 amide bonds. The van der Waals surface area contributed by atoms with E-state index in [9.17, 15) is 24.6 Å². The van der Waals surface area contributed by atoms with E-state index in [1.807, 2.05) is 24.3 Å². The fraction of sp³-hybridized carbons (Fsp3) is 0.320. The van der Waals surface area contributed by atoms with E-state index in [1.54, 1.807) is 13.0 Å². The van der Waals surface area contributed by atoms with Crippen molar-refractivity contribution >= 4 is 29.1 Å². The monoisotopic (exact) mass is 477 g/mol. The molecule has 10 nitrogen and oxygen atoms in total.